The van der Waals surface area contributed by atoms with Crippen molar-refractivity contribution < 1.29 is 6.10 Å². The molecule has 0 fully saturated rings. The van der Waals surface area contributed by atoms with E-state index in [4.69, 9.17) is 1.41 Å². The average Bonchev–Trinajstić information content (AvgIpc) is 2.56. The number of guanidine groups is 1. The van der Waals surface area contributed by atoms with Gasteiger partial charge < -0.3 is 0 Å². The summed E-state index contributed by atoms with van der Waals surface area (Å²) in [6, 6.07) is 3.78. The Morgan fingerprint density at radius 2 is 2.06 bits per heavy atom. The molecule has 2 N–H and O–H groups in total. The van der Waals surface area contributed by atoms with Crippen LogP contribution in [0.15, 0.2) is 18.3 Å². The molecule has 0 bridgehead atoms. The molecular formula is C10H17N6+. The van der Waals surface area contributed by atoms with Crippen LogP contribution in [0, 0.1) is 0 Å². The number of fused-ring (bicyclic) bond motifs is 1. The zero-order chi connectivity index (χ0) is 12.6. The van der Waals surface area contributed by atoms with Gasteiger partial charge in [0.25, 0.3) is 0 Å². The molecule has 6 nitrogen and oxygen atoms in total. The Balaban J connectivity index is 2.58. The van der Waals surface area contributed by atoms with E-state index in [1.54, 1.807) is 6.20 Å². The molecule has 0 unspecified atom stereocenters. The van der Waals surface area contributed by atoms with Crippen molar-refractivity contribution in [2.45, 2.75) is 0 Å². The van der Waals surface area contributed by atoms with Crippen molar-refractivity contribution in [2.75, 3.05) is 33.6 Å². The second kappa shape index (κ2) is 3.88. The van der Waals surface area contributed by atoms with Crippen LogP contribution in [0.3, 0.4) is 0 Å². The number of pyridine rings is 1. The van der Waals surface area contributed by atoms with Crippen molar-refractivity contribution in [2.24, 2.45) is 0 Å². The number of nitrogens with zero attached hydrogens (tertiary/aromatic N) is 4. The van der Waals surface area contributed by atoms with Crippen molar-refractivity contribution in [3.05, 3.63) is 18.3 Å². The molecule has 0 saturated carbocycles. The summed E-state index contributed by atoms with van der Waals surface area (Å²) in [6.45, 7) is 0. The van der Waals surface area contributed by atoms with Gasteiger partial charge in [-0.25, -0.2) is 4.98 Å². The van der Waals surface area contributed by atoms with Crippen LogP contribution in [0.1, 0.15) is 0 Å². The molecule has 1 aliphatic heterocycles. The van der Waals surface area contributed by atoms with E-state index in [9.17, 15) is 0 Å². The fourth-order valence-corrected chi connectivity index (χ4v) is 1.75. The molecule has 0 saturated heterocycles. The summed E-state index contributed by atoms with van der Waals surface area (Å²) in [7, 11) is 7.83. The fourth-order valence-electron chi connectivity index (χ4n) is 1.75. The third-order valence-electron chi connectivity index (χ3n) is 2.26. The van der Waals surface area contributed by atoms with Gasteiger partial charge in [0, 0.05) is 6.20 Å². The lowest BCUT2D eigenvalue weighted by Gasteiger charge is -2.17. The highest BCUT2D eigenvalue weighted by atomic mass is 15.7. The molecule has 0 aromatic carbocycles. The van der Waals surface area contributed by atoms with Crippen LogP contribution >= 0.6 is 0 Å². The summed E-state index contributed by atoms with van der Waals surface area (Å²) >= 11 is 0. The van der Waals surface area contributed by atoms with Gasteiger partial charge in [0.05, 0.1) is 28.2 Å². The Kier molecular flexibility index (Phi) is 2.25. The van der Waals surface area contributed by atoms with Crippen molar-refractivity contribution in [3.8, 4) is 0 Å². The van der Waals surface area contributed by atoms with E-state index in [1.165, 1.54) is 0 Å². The minimum absolute atomic E-state index is 0.591. The van der Waals surface area contributed by atoms with Gasteiger partial charge in [0.2, 0.25) is 0 Å². The first kappa shape index (κ1) is 9.26. The van der Waals surface area contributed by atoms with Crippen molar-refractivity contribution in [1.29, 1.82) is 0 Å². The number of hydrogen-bond donors (Lipinski definition) is 2. The van der Waals surface area contributed by atoms with Crippen LogP contribution in [-0.2, 0) is 0 Å². The second-order valence-electron chi connectivity index (χ2n) is 3.98. The number of hydrogen-bond acceptors (Lipinski definition) is 3. The number of hydrazine groups is 2. The highest BCUT2D eigenvalue weighted by Crippen LogP contribution is 2.24. The normalized spacial score (nSPS) is 14.1. The Bertz CT molecular complexity index is 446. The SMILES string of the molecule is [2H]N1N[N+](=C(N(C)C)N(C)C)c2cccnc21. The van der Waals surface area contributed by atoms with Gasteiger partial charge in [-0.15, -0.1) is 4.68 Å². The third kappa shape index (κ3) is 1.62. The predicted octanol–water partition coefficient (Wildman–Crippen LogP) is 0.0499. The minimum Gasteiger partial charge on any atom is -0.268 e. The van der Waals surface area contributed by atoms with Crippen LogP contribution in [0.25, 0.3) is 0 Å². The monoisotopic (exact) mass is 222 g/mol. The van der Waals surface area contributed by atoms with E-state index < -0.39 is 0 Å². The molecule has 0 aliphatic carbocycles. The lowest BCUT2D eigenvalue weighted by atomic mass is 10.4. The highest BCUT2D eigenvalue weighted by molar-refractivity contribution is 5.76. The zero-order valence-electron chi connectivity index (χ0n) is 11.0. The number of hydrazone groups is 1. The van der Waals surface area contributed by atoms with E-state index in [0.717, 1.165) is 17.1 Å². The molecule has 1 aromatic heterocycles. The van der Waals surface area contributed by atoms with Crippen molar-refractivity contribution >= 4 is 17.5 Å². The molecule has 2 rings (SSSR count). The number of rotatable bonds is 0. The fraction of sp³-hybridized carbons (Fsp3) is 0.400. The van der Waals surface area contributed by atoms with Gasteiger partial charge in [0.15, 0.2) is 12.9 Å². The lowest BCUT2D eigenvalue weighted by Crippen LogP contribution is -2.45. The number of anilines is 1. The first-order valence-corrected chi connectivity index (χ1v) is 5.04. The maximum atomic E-state index is 7.79. The number of nitrogens with one attached hydrogen (secondary N) is 2. The number of aromatic nitrogens is 1. The largest absolute Gasteiger partial charge is 0.378 e. The van der Waals surface area contributed by atoms with Gasteiger partial charge >= 0.3 is 5.96 Å². The average molecular weight is 222 g/mol. The van der Waals surface area contributed by atoms with Gasteiger partial charge in [-0.2, -0.15) is 5.53 Å². The molecule has 0 spiro atoms. The van der Waals surface area contributed by atoms with E-state index in [2.05, 4.69) is 10.5 Å². The van der Waals surface area contributed by atoms with Crippen LogP contribution in [0.5, 0.6) is 0 Å². The third-order valence-corrected chi connectivity index (χ3v) is 2.26. The van der Waals surface area contributed by atoms with Crippen LogP contribution in [0.2, 0.25) is 1.41 Å². The van der Waals surface area contributed by atoms with E-state index in [0.29, 0.717) is 5.82 Å². The Labute approximate surface area is 96.6 Å². The minimum atomic E-state index is 0.591. The van der Waals surface area contributed by atoms with E-state index in [-0.39, 0.29) is 0 Å². The van der Waals surface area contributed by atoms with Crippen LogP contribution < -0.4 is 11.0 Å². The van der Waals surface area contributed by atoms with Gasteiger partial charge in [-0.3, -0.25) is 15.2 Å². The van der Waals surface area contributed by atoms with Crippen LogP contribution in [-0.4, -0.2) is 53.6 Å². The lowest BCUT2D eigenvalue weighted by molar-refractivity contribution is -0.502. The highest BCUT2D eigenvalue weighted by Gasteiger charge is 2.26. The maximum absolute atomic E-state index is 7.79. The molecule has 86 valence electrons. The van der Waals surface area contributed by atoms with Gasteiger partial charge in [-0.1, -0.05) is 0 Å². The topological polar surface area (TPSA) is 46.4 Å². The molecule has 16 heavy (non-hydrogen) atoms. The first-order chi connectivity index (χ1) is 8.02. The standard InChI is InChI=1S/C10H17N6/c1-14(2)10(15(3)4)16-8-6-5-7-11-9(8)12-13-16/h5-7,13H,1-4H3,(H,11,12)/q+1/i/hD. The first-order valence-electron chi connectivity index (χ1n) is 5.49. The summed E-state index contributed by atoms with van der Waals surface area (Å²) in [4.78, 5) is 8.13. The molecule has 0 amide bonds. The molecule has 1 aliphatic rings. The smallest absolute Gasteiger partial charge is 0.268 e. The predicted molar refractivity (Wildman–Crippen MR) is 63.3 cm³/mol. The summed E-state index contributed by atoms with van der Waals surface area (Å²) < 4.78 is 9.62. The molecular weight excluding hydrogens is 204 g/mol. The summed E-state index contributed by atoms with van der Waals surface area (Å²) in [5, 5.41) is 0. The van der Waals surface area contributed by atoms with Crippen molar-refractivity contribution in [1.82, 2.24) is 20.3 Å². The summed E-state index contributed by atoms with van der Waals surface area (Å²) in [5.74, 6) is 1.52. The Morgan fingerprint density at radius 1 is 1.38 bits per heavy atom. The zero-order valence-corrected chi connectivity index (χ0v) is 9.97. The molecule has 2 heterocycles. The van der Waals surface area contributed by atoms with Crippen molar-refractivity contribution in [3.63, 3.8) is 0 Å². The molecule has 1 aromatic rings. The quantitative estimate of drug-likeness (QED) is 0.480. The summed E-state index contributed by atoms with van der Waals surface area (Å²) in [6.07, 6.45) is 1.68. The molecule has 0 radical (unpaired) electrons. The second-order valence-corrected chi connectivity index (χ2v) is 3.98. The summed E-state index contributed by atoms with van der Waals surface area (Å²) in [5.41, 5.74) is 4.95. The Hall–Kier alpha value is -1.98. The van der Waals surface area contributed by atoms with Gasteiger partial charge in [-0.05, 0) is 12.1 Å². The van der Waals surface area contributed by atoms with Gasteiger partial charge in [0.1, 0.15) is 0 Å². The maximum Gasteiger partial charge on any atom is 0.378 e. The molecule has 0 atom stereocenters. The Morgan fingerprint density at radius 3 is 2.69 bits per heavy atom. The molecule has 6 heteroatoms. The van der Waals surface area contributed by atoms with Crippen LogP contribution in [0.4, 0.5) is 11.5 Å². The van der Waals surface area contributed by atoms with E-state index in [1.807, 2.05) is 54.8 Å². The van der Waals surface area contributed by atoms with E-state index >= 15 is 0 Å².